The summed E-state index contributed by atoms with van der Waals surface area (Å²) in [7, 11) is -3.25. The predicted octanol–water partition coefficient (Wildman–Crippen LogP) is 1.27. The van der Waals surface area contributed by atoms with Crippen LogP contribution in [0.3, 0.4) is 0 Å². The van der Waals surface area contributed by atoms with Crippen molar-refractivity contribution in [2.75, 3.05) is 6.26 Å². The summed E-state index contributed by atoms with van der Waals surface area (Å²) >= 11 is 0. The Morgan fingerprint density at radius 3 is 2.36 bits per heavy atom. The Morgan fingerprint density at radius 1 is 1.18 bits per heavy atom. The number of carbonyl (C=O) groups excluding carboxylic acids is 1. The molecule has 0 fully saturated rings. The van der Waals surface area contributed by atoms with Crippen LogP contribution < -0.4 is 10.9 Å². The van der Waals surface area contributed by atoms with E-state index in [4.69, 9.17) is 0 Å². The molecule has 1 amide bonds. The van der Waals surface area contributed by atoms with Crippen LogP contribution in [0.25, 0.3) is 0 Å². The molecular weight excluding hydrogens is 304 g/mol. The molecule has 0 aliphatic rings. The van der Waals surface area contributed by atoms with Crippen LogP contribution >= 0.6 is 0 Å². The maximum Gasteiger partial charge on any atom is 0.260 e. The Bertz CT molecular complexity index is 838. The van der Waals surface area contributed by atoms with E-state index in [1.807, 2.05) is 0 Å². The minimum Gasteiger partial charge on any atom is -0.345 e. The topological polar surface area (TPSA) is 96.1 Å². The molecule has 0 unspecified atom stereocenters. The summed E-state index contributed by atoms with van der Waals surface area (Å²) in [6.45, 7) is 1.75. The molecule has 2 N–H and O–H groups in total. The second-order valence-corrected chi connectivity index (χ2v) is 6.97. The second kappa shape index (κ2) is 6.15. The van der Waals surface area contributed by atoms with Gasteiger partial charge in [0.05, 0.1) is 10.9 Å². The van der Waals surface area contributed by atoms with Crippen molar-refractivity contribution in [1.82, 2.24) is 10.3 Å². The average molecular weight is 320 g/mol. The van der Waals surface area contributed by atoms with Gasteiger partial charge in [-0.15, -0.1) is 0 Å². The molecule has 1 aromatic heterocycles. The minimum absolute atomic E-state index is 0.0297. The van der Waals surface area contributed by atoms with Crippen LogP contribution in [-0.2, 0) is 9.84 Å². The molecule has 0 radical (unpaired) electrons. The lowest BCUT2D eigenvalue weighted by molar-refractivity contribution is 0.0938. The lowest BCUT2D eigenvalue weighted by Gasteiger charge is -2.14. The summed E-state index contributed by atoms with van der Waals surface area (Å²) in [4.78, 5) is 26.3. The highest BCUT2D eigenvalue weighted by Gasteiger charge is 2.14. The van der Waals surface area contributed by atoms with Crippen LogP contribution in [0.15, 0.2) is 52.3 Å². The summed E-state index contributed by atoms with van der Waals surface area (Å²) < 4.78 is 22.8. The van der Waals surface area contributed by atoms with E-state index in [-0.39, 0.29) is 16.5 Å². The number of carbonyl (C=O) groups is 1. The van der Waals surface area contributed by atoms with Gasteiger partial charge in [0.1, 0.15) is 5.56 Å². The summed E-state index contributed by atoms with van der Waals surface area (Å²) in [5.74, 6) is -0.485. The van der Waals surface area contributed by atoms with Gasteiger partial charge < -0.3 is 10.3 Å². The number of aromatic nitrogens is 1. The van der Waals surface area contributed by atoms with E-state index in [1.54, 1.807) is 25.1 Å². The number of aromatic amines is 1. The molecule has 6 nitrogen and oxygen atoms in total. The molecule has 1 atom stereocenters. The van der Waals surface area contributed by atoms with Gasteiger partial charge in [-0.25, -0.2) is 8.42 Å². The quantitative estimate of drug-likeness (QED) is 0.886. The van der Waals surface area contributed by atoms with Crippen molar-refractivity contribution in [2.24, 2.45) is 0 Å². The molecule has 2 rings (SSSR count). The molecule has 0 saturated carbocycles. The molecule has 0 aliphatic heterocycles. The first-order valence-electron chi connectivity index (χ1n) is 6.57. The lowest BCUT2D eigenvalue weighted by Crippen LogP contribution is -2.31. The first kappa shape index (κ1) is 16.0. The Kier molecular flexibility index (Phi) is 4.46. The van der Waals surface area contributed by atoms with E-state index in [9.17, 15) is 18.0 Å². The summed E-state index contributed by atoms with van der Waals surface area (Å²) in [5.41, 5.74) is 0.315. The first-order valence-corrected chi connectivity index (χ1v) is 8.47. The maximum atomic E-state index is 12.0. The molecule has 0 bridgehead atoms. The van der Waals surface area contributed by atoms with Crippen LogP contribution in [0.4, 0.5) is 0 Å². The van der Waals surface area contributed by atoms with Crippen LogP contribution in [0.1, 0.15) is 28.9 Å². The Morgan fingerprint density at radius 2 is 1.82 bits per heavy atom. The van der Waals surface area contributed by atoms with Gasteiger partial charge in [-0.3, -0.25) is 9.59 Å². The fourth-order valence-electron chi connectivity index (χ4n) is 1.96. The largest absolute Gasteiger partial charge is 0.345 e. The van der Waals surface area contributed by atoms with Crippen molar-refractivity contribution in [2.45, 2.75) is 17.9 Å². The van der Waals surface area contributed by atoms with Gasteiger partial charge in [0.2, 0.25) is 0 Å². The third-order valence-corrected chi connectivity index (χ3v) is 4.35. The number of H-pyrrole nitrogens is 1. The first-order chi connectivity index (χ1) is 10.3. The third-order valence-electron chi connectivity index (χ3n) is 3.22. The lowest BCUT2D eigenvalue weighted by atomic mass is 10.1. The number of hydrogen-bond donors (Lipinski definition) is 2. The van der Waals surface area contributed by atoms with Crippen LogP contribution in [0.2, 0.25) is 0 Å². The number of amides is 1. The van der Waals surface area contributed by atoms with Gasteiger partial charge >= 0.3 is 0 Å². The molecular formula is C15H16N2O4S. The van der Waals surface area contributed by atoms with Crippen molar-refractivity contribution in [3.63, 3.8) is 0 Å². The van der Waals surface area contributed by atoms with Gasteiger partial charge in [0.25, 0.3) is 11.5 Å². The number of pyridine rings is 1. The van der Waals surface area contributed by atoms with Crippen LogP contribution in [0, 0.1) is 0 Å². The molecule has 1 heterocycles. The maximum absolute atomic E-state index is 12.0. The molecule has 0 saturated heterocycles. The third kappa shape index (κ3) is 3.62. The van der Waals surface area contributed by atoms with Gasteiger partial charge in [-0.05, 0) is 36.8 Å². The van der Waals surface area contributed by atoms with E-state index < -0.39 is 21.3 Å². The van der Waals surface area contributed by atoms with Gasteiger partial charge in [0.15, 0.2) is 9.84 Å². The molecule has 0 aliphatic carbocycles. The minimum atomic E-state index is -3.25. The normalized spacial score (nSPS) is 12.6. The zero-order valence-electron chi connectivity index (χ0n) is 12.2. The summed E-state index contributed by atoms with van der Waals surface area (Å²) in [6.07, 6.45) is 2.58. The predicted molar refractivity (Wildman–Crippen MR) is 82.5 cm³/mol. The zero-order valence-corrected chi connectivity index (χ0v) is 13.0. The molecule has 2 aromatic rings. The second-order valence-electron chi connectivity index (χ2n) is 4.95. The highest BCUT2D eigenvalue weighted by atomic mass is 32.2. The zero-order chi connectivity index (χ0) is 16.3. The molecule has 22 heavy (non-hydrogen) atoms. The van der Waals surface area contributed by atoms with Crippen molar-refractivity contribution in [3.05, 3.63) is 64.1 Å². The molecule has 0 spiro atoms. The van der Waals surface area contributed by atoms with Gasteiger partial charge in [-0.1, -0.05) is 12.1 Å². The number of benzene rings is 1. The Balaban J connectivity index is 2.16. The van der Waals surface area contributed by atoms with Crippen LogP contribution in [-0.4, -0.2) is 25.6 Å². The van der Waals surface area contributed by atoms with E-state index >= 15 is 0 Å². The van der Waals surface area contributed by atoms with E-state index in [0.717, 1.165) is 11.8 Å². The number of rotatable bonds is 4. The van der Waals surface area contributed by atoms with E-state index in [2.05, 4.69) is 10.3 Å². The standard InChI is InChI=1S/C15H16N2O4S/c1-10(11-5-7-12(8-6-11)22(2,20)21)17-15(19)13-4-3-9-16-14(13)18/h3-10H,1-2H3,(H,16,18)(H,17,19)/t10-/m0/s1. The molecule has 1 aromatic carbocycles. The summed E-state index contributed by atoms with van der Waals surface area (Å²) in [5, 5.41) is 2.70. The smallest absolute Gasteiger partial charge is 0.260 e. The van der Waals surface area contributed by atoms with Gasteiger partial charge in [0, 0.05) is 12.5 Å². The Hall–Kier alpha value is -2.41. The Labute approximate surface area is 128 Å². The van der Waals surface area contributed by atoms with E-state index in [0.29, 0.717) is 0 Å². The van der Waals surface area contributed by atoms with Crippen molar-refractivity contribution < 1.29 is 13.2 Å². The van der Waals surface area contributed by atoms with Gasteiger partial charge in [-0.2, -0.15) is 0 Å². The highest BCUT2D eigenvalue weighted by Crippen LogP contribution is 2.16. The van der Waals surface area contributed by atoms with Crippen LogP contribution in [0.5, 0.6) is 0 Å². The molecule has 7 heteroatoms. The highest BCUT2D eigenvalue weighted by molar-refractivity contribution is 7.90. The molecule has 116 valence electrons. The van der Waals surface area contributed by atoms with Crippen molar-refractivity contribution in [3.8, 4) is 0 Å². The monoisotopic (exact) mass is 320 g/mol. The van der Waals surface area contributed by atoms with E-state index in [1.165, 1.54) is 24.4 Å². The SMILES string of the molecule is C[C@H](NC(=O)c1ccc[nH]c1=O)c1ccc(S(C)(=O)=O)cc1. The van der Waals surface area contributed by atoms with Crippen molar-refractivity contribution >= 4 is 15.7 Å². The summed E-state index contributed by atoms with van der Waals surface area (Å²) in [6, 6.07) is 8.90. The number of sulfone groups is 1. The average Bonchev–Trinajstić information content (AvgIpc) is 2.46. The fraction of sp³-hybridized carbons (Fsp3) is 0.200. The number of hydrogen-bond acceptors (Lipinski definition) is 4. The number of nitrogens with one attached hydrogen (secondary N) is 2. The fourth-order valence-corrected chi connectivity index (χ4v) is 2.59. The van der Waals surface area contributed by atoms with Crippen molar-refractivity contribution in [1.29, 1.82) is 0 Å².